The van der Waals surface area contributed by atoms with Crippen LogP contribution in [0, 0.1) is 11.3 Å². The van der Waals surface area contributed by atoms with Crippen LogP contribution in [-0.4, -0.2) is 26.1 Å². The molecule has 0 aliphatic carbocycles. The third kappa shape index (κ3) is 2.83. The number of hydrogen-bond donors (Lipinski definition) is 2. The van der Waals surface area contributed by atoms with Crippen LogP contribution in [0.1, 0.15) is 20.3 Å². The Hall–Kier alpha value is -1.07. The van der Waals surface area contributed by atoms with E-state index >= 15 is 0 Å². The van der Waals surface area contributed by atoms with Crippen molar-refractivity contribution >= 4 is 27.5 Å². The molecule has 1 saturated heterocycles. The minimum atomic E-state index is -0.319. The second-order valence-corrected chi connectivity index (χ2v) is 6.40. The van der Waals surface area contributed by atoms with Gasteiger partial charge in [-0.25, -0.2) is 0 Å². The second kappa shape index (κ2) is 6.14. The predicted molar refractivity (Wildman–Crippen MR) is 84.1 cm³/mol. The van der Waals surface area contributed by atoms with E-state index in [9.17, 15) is 4.79 Å². The van der Waals surface area contributed by atoms with Gasteiger partial charge in [0.1, 0.15) is 5.75 Å². The van der Waals surface area contributed by atoms with Crippen molar-refractivity contribution < 1.29 is 9.53 Å². The van der Waals surface area contributed by atoms with Crippen molar-refractivity contribution in [2.24, 2.45) is 11.3 Å². The summed E-state index contributed by atoms with van der Waals surface area (Å²) in [6.07, 6.45) is 0.879. The van der Waals surface area contributed by atoms with Gasteiger partial charge in [0.15, 0.2) is 0 Å². The van der Waals surface area contributed by atoms with E-state index in [2.05, 4.69) is 40.4 Å². The number of ether oxygens (including phenoxy) is 1. The Labute approximate surface area is 128 Å². The highest BCUT2D eigenvalue weighted by Gasteiger charge is 2.43. The molecule has 0 saturated carbocycles. The lowest BCUT2D eigenvalue weighted by Crippen LogP contribution is -2.42. The third-order valence-electron chi connectivity index (χ3n) is 4.15. The molecule has 2 rings (SSSR count). The van der Waals surface area contributed by atoms with E-state index in [1.165, 1.54) is 0 Å². The molecule has 0 spiro atoms. The number of rotatable bonds is 4. The summed E-state index contributed by atoms with van der Waals surface area (Å²) in [4.78, 5) is 12.7. The van der Waals surface area contributed by atoms with Crippen LogP contribution in [0.5, 0.6) is 5.75 Å². The molecule has 1 aromatic carbocycles. The zero-order valence-corrected chi connectivity index (χ0v) is 13.7. The molecule has 1 aliphatic rings. The molecule has 0 radical (unpaired) electrons. The molecule has 0 aromatic heterocycles. The fourth-order valence-corrected chi connectivity index (χ4v) is 3.06. The Morgan fingerprint density at radius 2 is 2.25 bits per heavy atom. The van der Waals surface area contributed by atoms with Crippen molar-refractivity contribution in [3.63, 3.8) is 0 Å². The van der Waals surface area contributed by atoms with Crippen LogP contribution in [0.3, 0.4) is 0 Å². The highest BCUT2D eigenvalue weighted by Crippen LogP contribution is 2.36. The molecule has 0 bridgehead atoms. The zero-order valence-electron chi connectivity index (χ0n) is 12.1. The maximum atomic E-state index is 12.7. The zero-order chi connectivity index (χ0) is 14.8. The van der Waals surface area contributed by atoms with Gasteiger partial charge in [0, 0.05) is 18.3 Å². The molecular weight excluding hydrogens is 320 g/mol. The van der Waals surface area contributed by atoms with Crippen molar-refractivity contribution in [1.29, 1.82) is 0 Å². The molecule has 110 valence electrons. The largest absolute Gasteiger partial charge is 0.495 e. The van der Waals surface area contributed by atoms with E-state index in [1.807, 2.05) is 18.2 Å². The summed E-state index contributed by atoms with van der Waals surface area (Å²) in [5, 5.41) is 6.33. The number of nitrogens with one attached hydrogen (secondary N) is 2. The first kappa shape index (κ1) is 15.3. The maximum absolute atomic E-state index is 12.7. The molecule has 1 heterocycles. The lowest BCUT2D eigenvalue weighted by molar-refractivity contribution is -0.126. The predicted octanol–water partition coefficient (Wildman–Crippen LogP) is 3.03. The Morgan fingerprint density at radius 1 is 1.50 bits per heavy atom. The molecule has 1 aromatic rings. The summed E-state index contributed by atoms with van der Waals surface area (Å²) in [6.45, 7) is 5.85. The molecule has 4 nitrogen and oxygen atoms in total. The van der Waals surface area contributed by atoms with Crippen LogP contribution >= 0.6 is 15.9 Å². The number of halogens is 1. The van der Waals surface area contributed by atoms with Crippen LogP contribution in [0.4, 0.5) is 5.69 Å². The smallest absolute Gasteiger partial charge is 0.232 e. The van der Waals surface area contributed by atoms with Gasteiger partial charge >= 0.3 is 0 Å². The standard InChI is InChI=1S/C15H21BrN2O2/c1-10(2)15(6-7-17-9-15)14(19)18-11-4-5-12(16)13(8-11)20-3/h4-5,8,10,17H,6-7,9H2,1-3H3,(H,18,19). The van der Waals surface area contributed by atoms with Gasteiger partial charge < -0.3 is 15.4 Å². The van der Waals surface area contributed by atoms with Crippen molar-refractivity contribution in [3.05, 3.63) is 22.7 Å². The summed E-state index contributed by atoms with van der Waals surface area (Å²) >= 11 is 3.41. The van der Waals surface area contributed by atoms with Gasteiger partial charge in [0.2, 0.25) is 5.91 Å². The van der Waals surface area contributed by atoms with E-state index in [4.69, 9.17) is 4.74 Å². The molecule has 1 aliphatic heterocycles. The average Bonchev–Trinajstić information content (AvgIpc) is 2.91. The van der Waals surface area contributed by atoms with Crippen LogP contribution in [0.2, 0.25) is 0 Å². The van der Waals surface area contributed by atoms with E-state index in [0.717, 1.165) is 29.7 Å². The first-order valence-electron chi connectivity index (χ1n) is 6.85. The number of anilines is 1. The molecule has 1 amide bonds. The molecule has 1 unspecified atom stereocenters. The monoisotopic (exact) mass is 340 g/mol. The van der Waals surface area contributed by atoms with Crippen LogP contribution in [-0.2, 0) is 4.79 Å². The van der Waals surface area contributed by atoms with Gasteiger partial charge in [0.05, 0.1) is 17.0 Å². The van der Waals surface area contributed by atoms with Crippen molar-refractivity contribution in [2.75, 3.05) is 25.5 Å². The van der Waals surface area contributed by atoms with Crippen LogP contribution in [0.25, 0.3) is 0 Å². The summed E-state index contributed by atoms with van der Waals surface area (Å²) in [6, 6.07) is 5.59. The van der Waals surface area contributed by atoms with Crippen molar-refractivity contribution in [1.82, 2.24) is 5.32 Å². The first-order valence-corrected chi connectivity index (χ1v) is 7.64. The quantitative estimate of drug-likeness (QED) is 0.885. The van der Waals surface area contributed by atoms with Gasteiger partial charge in [-0.15, -0.1) is 0 Å². The van der Waals surface area contributed by atoms with Crippen molar-refractivity contribution in [2.45, 2.75) is 20.3 Å². The third-order valence-corrected chi connectivity index (χ3v) is 4.81. The number of methoxy groups -OCH3 is 1. The van der Waals surface area contributed by atoms with E-state index in [-0.39, 0.29) is 11.3 Å². The Bertz CT molecular complexity index is 497. The summed E-state index contributed by atoms with van der Waals surface area (Å²) in [5.74, 6) is 1.10. The fraction of sp³-hybridized carbons (Fsp3) is 0.533. The number of carbonyl (C=O) groups excluding carboxylic acids is 1. The summed E-state index contributed by atoms with van der Waals surface area (Å²) in [7, 11) is 1.61. The minimum Gasteiger partial charge on any atom is -0.495 e. The number of amides is 1. The van der Waals surface area contributed by atoms with E-state index in [1.54, 1.807) is 7.11 Å². The fourth-order valence-electron chi connectivity index (χ4n) is 2.65. The molecule has 1 fully saturated rings. The Kier molecular flexibility index (Phi) is 4.70. The summed E-state index contributed by atoms with van der Waals surface area (Å²) in [5.41, 5.74) is 0.447. The highest BCUT2D eigenvalue weighted by molar-refractivity contribution is 9.10. The van der Waals surface area contributed by atoms with Crippen molar-refractivity contribution in [3.8, 4) is 5.75 Å². The van der Waals surface area contributed by atoms with Gasteiger partial charge in [-0.3, -0.25) is 4.79 Å². The minimum absolute atomic E-state index is 0.0851. The lowest BCUT2D eigenvalue weighted by Gasteiger charge is -2.31. The molecule has 5 heteroatoms. The van der Waals surface area contributed by atoms with Crippen LogP contribution < -0.4 is 15.4 Å². The van der Waals surface area contributed by atoms with Crippen LogP contribution in [0.15, 0.2) is 22.7 Å². The van der Waals surface area contributed by atoms with Gasteiger partial charge in [-0.05, 0) is 46.9 Å². The molecule has 2 N–H and O–H groups in total. The topological polar surface area (TPSA) is 50.4 Å². The number of carbonyl (C=O) groups is 1. The van der Waals surface area contributed by atoms with E-state index < -0.39 is 0 Å². The van der Waals surface area contributed by atoms with Gasteiger partial charge in [-0.1, -0.05) is 13.8 Å². The Morgan fingerprint density at radius 3 is 2.80 bits per heavy atom. The number of benzene rings is 1. The maximum Gasteiger partial charge on any atom is 0.232 e. The van der Waals surface area contributed by atoms with Gasteiger partial charge in [0.25, 0.3) is 0 Å². The Balaban J connectivity index is 2.18. The van der Waals surface area contributed by atoms with E-state index in [0.29, 0.717) is 11.7 Å². The summed E-state index contributed by atoms with van der Waals surface area (Å²) < 4.78 is 6.13. The molecule has 20 heavy (non-hydrogen) atoms. The lowest BCUT2D eigenvalue weighted by atomic mass is 9.75. The average molecular weight is 341 g/mol. The first-order chi connectivity index (χ1) is 9.49. The van der Waals surface area contributed by atoms with Gasteiger partial charge in [-0.2, -0.15) is 0 Å². The molecular formula is C15H21BrN2O2. The highest BCUT2D eigenvalue weighted by atomic mass is 79.9. The second-order valence-electron chi connectivity index (χ2n) is 5.54. The number of hydrogen-bond acceptors (Lipinski definition) is 3. The normalized spacial score (nSPS) is 22.1. The SMILES string of the molecule is COc1cc(NC(=O)C2(C(C)C)CCNC2)ccc1Br. The molecule has 1 atom stereocenters.